The van der Waals surface area contributed by atoms with Crippen molar-refractivity contribution in [3.63, 3.8) is 0 Å². The summed E-state index contributed by atoms with van der Waals surface area (Å²) in [4.78, 5) is 17.5. The van der Waals surface area contributed by atoms with Crippen LogP contribution in [0, 0.1) is 19.7 Å². The molecule has 3 aromatic heterocycles. The van der Waals surface area contributed by atoms with E-state index in [1.807, 2.05) is 13.1 Å². The highest BCUT2D eigenvalue weighted by atomic mass is 79.9. The summed E-state index contributed by atoms with van der Waals surface area (Å²) in [7, 11) is 1.80. The molecule has 7 nitrogen and oxygen atoms in total. The molecule has 0 bridgehead atoms. The van der Waals surface area contributed by atoms with Crippen LogP contribution >= 0.6 is 15.9 Å². The van der Waals surface area contributed by atoms with Crippen molar-refractivity contribution in [3.05, 3.63) is 57.7 Å². The number of aryl methyl sites for hydroxylation is 3. The van der Waals surface area contributed by atoms with E-state index in [-0.39, 0.29) is 11.4 Å². The van der Waals surface area contributed by atoms with Crippen LogP contribution in [-0.2, 0) is 7.05 Å². The monoisotopic (exact) mass is 443 g/mol. The fraction of sp³-hybridized carbons (Fsp3) is 0.158. The number of benzene rings is 1. The number of halogens is 2. The third-order valence-electron chi connectivity index (χ3n) is 4.33. The molecule has 0 aliphatic carbocycles. The van der Waals surface area contributed by atoms with Crippen LogP contribution in [0.15, 0.2) is 39.5 Å². The topological polar surface area (TPSA) is 85.8 Å². The molecule has 0 saturated heterocycles. The van der Waals surface area contributed by atoms with E-state index in [0.717, 1.165) is 11.3 Å². The highest BCUT2D eigenvalue weighted by Gasteiger charge is 2.21. The van der Waals surface area contributed by atoms with Crippen molar-refractivity contribution >= 4 is 38.6 Å². The van der Waals surface area contributed by atoms with E-state index in [2.05, 4.69) is 36.5 Å². The second kappa shape index (κ2) is 6.83. The zero-order valence-electron chi connectivity index (χ0n) is 15.2. The molecule has 0 saturated carbocycles. The lowest BCUT2D eigenvalue weighted by molar-refractivity contribution is 0.102. The molecule has 0 atom stereocenters. The number of hydrogen-bond donors (Lipinski definition) is 1. The lowest BCUT2D eigenvalue weighted by atomic mass is 10.1. The number of nitrogens with zero attached hydrogens (tertiary/aromatic N) is 4. The predicted molar refractivity (Wildman–Crippen MR) is 106 cm³/mol. The van der Waals surface area contributed by atoms with E-state index in [1.54, 1.807) is 30.8 Å². The largest absolute Gasteiger partial charge is 0.335 e. The van der Waals surface area contributed by atoms with Crippen molar-refractivity contribution in [3.8, 4) is 11.3 Å². The number of rotatable bonds is 3. The Morgan fingerprint density at radius 1 is 1.25 bits per heavy atom. The molecule has 0 aliphatic rings. The standard InChI is InChI=1S/C19H15BrFN5O2/c1-9-13(8-26(3)24-9)16-7-12(17-10(2)25-28-19(17)23-16)18(27)22-15-5-4-11(20)6-14(15)21/h4-8H,1-3H3,(H,22,27). The first-order valence-corrected chi connectivity index (χ1v) is 9.17. The summed E-state index contributed by atoms with van der Waals surface area (Å²) in [5, 5.41) is 11.3. The highest BCUT2D eigenvalue weighted by molar-refractivity contribution is 9.10. The Bertz CT molecular complexity index is 1230. The molecule has 1 N–H and O–H groups in total. The van der Waals surface area contributed by atoms with Gasteiger partial charge in [-0.2, -0.15) is 5.10 Å². The Kier molecular flexibility index (Phi) is 4.46. The van der Waals surface area contributed by atoms with E-state index in [0.29, 0.717) is 26.8 Å². The van der Waals surface area contributed by atoms with Crippen molar-refractivity contribution in [1.29, 1.82) is 0 Å². The SMILES string of the molecule is Cc1nn(C)cc1-c1cc(C(=O)Nc2ccc(Br)cc2F)c2c(C)noc2n1. The molecular formula is C19H15BrFN5O2. The molecule has 1 aromatic carbocycles. The Balaban J connectivity index is 1.83. The van der Waals surface area contributed by atoms with Crippen molar-refractivity contribution in [2.24, 2.45) is 7.05 Å². The zero-order valence-corrected chi connectivity index (χ0v) is 16.8. The van der Waals surface area contributed by atoms with Crippen LogP contribution in [0.1, 0.15) is 21.7 Å². The Labute approximate surface area is 167 Å². The van der Waals surface area contributed by atoms with Gasteiger partial charge in [0.05, 0.1) is 33.7 Å². The predicted octanol–water partition coefficient (Wildman–Crippen LogP) is 4.39. The summed E-state index contributed by atoms with van der Waals surface area (Å²) >= 11 is 3.20. The molecule has 142 valence electrons. The quantitative estimate of drug-likeness (QED) is 0.507. The fourth-order valence-electron chi connectivity index (χ4n) is 3.04. The first kappa shape index (κ1) is 18.3. The van der Waals surface area contributed by atoms with Gasteiger partial charge in [0.15, 0.2) is 0 Å². The molecular weight excluding hydrogens is 429 g/mol. The van der Waals surface area contributed by atoms with Crippen LogP contribution < -0.4 is 5.32 Å². The Morgan fingerprint density at radius 2 is 2.04 bits per heavy atom. The number of hydrogen-bond acceptors (Lipinski definition) is 5. The van der Waals surface area contributed by atoms with Gasteiger partial charge in [0, 0.05) is 23.3 Å². The molecule has 0 fully saturated rings. The number of nitrogens with one attached hydrogen (secondary N) is 1. The molecule has 0 radical (unpaired) electrons. The first-order valence-electron chi connectivity index (χ1n) is 8.37. The average molecular weight is 444 g/mol. The van der Waals surface area contributed by atoms with E-state index >= 15 is 0 Å². The maximum absolute atomic E-state index is 14.2. The molecule has 4 rings (SSSR count). The summed E-state index contributed by atoms with van der Waals surface area (Å²) in [5.74, 6) is -1.03. The fourth-order valence-corrected chi connectivity index (χ4v) is 3.38. The van der Waals surface area contributed by atoms with E-state index in [4.69, 9.17) is 4.52 Å². The van der Waals surface area contributed by atoms with Crippen LogP contribution in [0.3, 0.4) is 0 Å². The lowest BCUT2D eigenvalue weighted by Gasteiger charge is -2.09. The van der Waals surface area contributed by atoms with Gasteiger partial charge in [-0.15, -0.1) is 0 Å². The third-order valence-corrected chi connectivity index (χ3v) is 4.82. The van der Waals surface area contributed by atoms with Gasteiger partial charge in [0.2, 0.25) is 0 Å². The van der Waals surface area contributed by atoms with Crippen LogP contribution in [-0.4, -0.2) is 25.8 Å². The van der Waals surface area contributed by atoms with Crippen LogP contribution in [0.5, 0.6) is 0 Å². The average Bonchev–Trinajstić information content (AvgIpc) is 3.18. The number of anilines is 1. The van der Waals surface area contributed by atoms with Gasteiger partial charge in [-0.3, -0.25) is 9.48 Å². The normalized spacial score (nSPS) is 11.2. The number of aromatic nitrogens is 4. The second-order valence-electron chi connectivity index (χ2n) is 6.38. The zero-order chi connectivity index (χ0) is 20.0. The van der Waals surface area contributed by atoms with E-state index in [9.17, 15) is 9.18 Å². The molecule has 3 heterocycles. The summed E-state index contributed by atoms with van der Waals surface area (Å²) < 4.78 is 21.7. The molecule has 1 amide bonds. The summed E-state index contributed by atoms with van der Waals surface area (Å²) in [6, 6.07) is 6.06. The van der Waals surface area contributed by atoms with E-state index < -0.39 is 11.7 Å². The van der Waals surface area contributed by atoms with Gasteiger partial charge < -0.3 is 9.84 Å². The van der Waals surface area contributed by atoms with Crippen molar-refractivity contribution in [1.82, 2.24) is 19.9 Å². The molecule has 0 aliphatic heterocycles. The highest BCUT2D eigenvalue weighted by Crippen LogP contribution is 2.29. The summed E-state index contributed by atoms with van der Waals surface area (Å²) in [6.07, 6.45) is 1.81. The lowest BCUT2D eigenvalue weighted by Crippen LogP contribution is -2.14. The summed E-state index contributed by atoms with van der Waals surface area (Å²) in [6.45, 7) is 3.57. The van der Waals surface area contributed by atoms with Gasteiger partial charge in [0.1, 0.15) is 5.82 Å². The van der Waals surface area contributed by atoms with Gasteiger partial charge >= 0.3 is 0 Å². The molecule has 4 aromatic rings. The van der Waals surface area contributed by atoms with E-state index in [1.165, 1.54) is 12.1 Å². The smallest absolute Gasteiger partial charge is 0.259 e. The maximum Gasteiger partial charge on any atom is 0.259 e. The number of fused-ring (bicyclic) bond motifs is 1. The van der Waals surface area contributed by atoms with Crippen LogP contribution in [0.4, 0.5) is 10.1 Å². The van der Waals surface area contributed by atoms with Gasteiger partial charge in [-0.05, 0) is 38.1 Å². The van der Waals surface area contributed by atoms with Crippen LogP contribution in [0.25, 0.3) is 22.4 Å². The number of carbonyl (C=O) groups excluding carboxylic acids is 1. The minimum Gasteiger partial charge on any atom is -0.335 e. The number of carbonyl (C=O) groups is 1. The van der Waals surface area contributed by atoms with Crippen LogP contribution in [0.2, 0.25) is 0 Å². The second-order valence-corrected chi connectivity index (χ2v) is 7.30. The molecule has 0 unspecified atom stereocenters. The van der Waals surface area contributed by atoms with Crippen molar-refractivity contribution in [2.45, 2.75) is 13.8 Å². The number of amides is 1. The van der Waals surface area contributed by atoms with Crippen molar-refractivity contribution in [2.75, 3.05) is 5.32 Å². The maximum atomic E-state index is 14.2. The number of pyridine rings is 1. The minimum absolute atomic E-state index is 0.0753. The van der Waals surface area contributed by atoms with Gasteiger partial charge in [-0.1, -0.05) is 21.1 Å². The van der Waals surface area contributed by atoms with Crippen molar-refractivity contribution < 1.29 is 13.7 Å². The minimum atomic E-state index is -0.543. The molecule has 9 heteroatoms. The molecule has 28 heavy (non-hydrogen) atoms. The summed E-state index contributed by atoms with van der Waals surface area (Å²) in [5.41, 5.74) is 3.18. The van der Waals surface area contributed by atoms with Gasteiger partial charge in [0.25, 0.3) is 11.6 Å². The Morgan fingerprint density at radius 3 is 2.71 bits per heavy atom. The Hall–Kier alpha value is -3.07. The van der Waals surface area contributed by atoms with Gasteiger partial charge in [-0.25, -0.2) is 9.37 Å². The molecule has 0 spiro atoms. The third kappa shape index (κ3) is 3.18. The first-order chi connectivity index (χ1) is 13.3.